The first-order chi connectivity index (χ1) is 9.24. The standard InChI is InChI=1S/C12H14N4O2S/c1-18-10-6-8(2-3-9(10)11(13)16-17)7-19-12-14-4-5-15-12/h2-6,17H,7H2,1H3,(H2,13,16)(H,14,15). The van der Waals surface area contributed by atoms with Crippen molar-refractivity contribution in [2.45, 2.75) is 10.9 Å². The highest BCUT2D eigenvalue weighted by molar-refractivity contribution is 7.98. The Balaban J connectivity index is 2.15. The first-order valence-electron chi connectivity index (χ1n) is 5.51. The molecule has 0 saturated heterocycles. The number of nitrogens with two attached hydrogens (primary N) is 1. The molecule has 0 atom stereocenters. The monoisotopic (exact) mass is 278 g/mol. The summed E-state index contributed by atoms with van der Waals surface area (Å²) >= 11 is 1.59. The number of methoxy groups -OCH3 is 1. The van der Waals surface area contributed by atoms with E-state index in [0.717, 1.165) is 16.5 Å². The minimum Gasteiger partial charge on any atom is -0.496 e. The fourth-order valence-corrected chi connectivity index (χ4v) is 2.34. The molecule has 0 saturated carbocycles. The molecule has 0 fully saturated rings. The van der Waals surface area contributed by atoms with Gasteiger partial charge in [0.25, 0.3) is 0 Å². The second kappa shape index (κ2) is 6.14. The summed E-state index contributed by atoms with van der Waals surface area (Å²) in [4.78, 5) is 7.16. The molecule has 0 bridgehead atoms. The van der Waals surface area contributed by atoms with Crippen LogP contribution in [-0.4, -0.2) is 28.1 Å². The average molecular weight is 278 g/mol. The van der Waals surface area contributed by atoms with Gasteiger partial charge in [0.05, 0.1) is 12.7 Å². The Bertz CT molecular complexity index is 569. The number of thioether (sulfide) groups is 1. The van der Waals surface area contributed by atoms with Crippen LogP contribution in [-0.2, 0) is 5.75 Å². The molecule has 2 aromatic rings. The van der Waals surface area contributed by atoms with Crippen LogP contribution >= 0.6 is 11.8 Å². The smallest absolute Gasteiger partial charge is 0.173 e. The Hall–Kier alpha value is -2.15. The predicted molar refractivity (Wildman–Crippen MR) is 73.7 cm³/mol. The van der Waals surface area contributed by atoms with Gasteiger partial charge in [-0.1, -0.05) is 23.0 Å². The van der Waals surface area contributed by atoms with E-state index in [9.17, 15) is 0 Å². The van der Waals surface area contributed by atoms with E-state index in [4.69, 9.17) is 15.7 Å². The van der Waals surface area contributed by atoms with Gasteiger partial charge >= 0.3 is 0 Å². The van der Waals surface area contributed by atoms with Crippen LogP contribution in [0.15, 0.2) is 40.9 Å². The van der Waals surface area contributed by atoms with Gasteiger partial charge in [0.15, 0.2) is 11.0 Å². The van der Waals surface area contributed by atoms with Gasteiger partial charge in [0, 0.05) is 18.1 Å². The van der Waals surface area contributed by atoms with Crippen molar-refractivity contribution < 1.29 is 9.94 Å². The molecule has 2 rings (SSSR count). The van der Waals surface area contributed by atoms with E-state index in [2.05, 4.69) is 15.1 Å². The van der Waals surface area contributed by atoms with Gasteiger partial charge in [-0.05, 0) is 17.7 Å². The topological polar surface area (TPSA) is 96.5 Å². The lowest BCUT2D eigenvalue weighted by molar-refractivity contribution is 0.318. The van der Waals surface area contributed by atoms with Crippen molar-refractivity contribution in [2.75, 3.05) is 7.11 Å². The lowest BCUT2D eigenvalue weighted by atomic mass is 10.1. The number of H-pyrrole nitrogens is 1. The highest BCUT2D eigenvalue weighted by Gasteiger charge is 2.09. The number of ether oxygens (including phenoxy) is 1. The number of imidazole rings is 1. The SMILES string of the molecule is COc1cc(CSc2ncc[nH]2)ccc1/C(N)=N/O. The number of benzene rings is 1. The third-order valence-electron chi connectivity index (χ3n) is 2.50. The maximum atomic E-state index is 8.70. The predicted octanol–water partition coefficient (Wildman–Crippen LogP) is 1.81. The third kappa shape index (κ3) is 3.19. The summed E-state index contributed by atoms with van der Waals surface area (Å²) in [6.45, 7) is 0. The van der Waals surface area contributed by atoms with Crippen LogP contribution in [0.3, 0.4) is 0 Å². The van der Waals surface area contributed by atoms with E-state index in [-0.39, 0.29) is 5.84 Å². The van der Waals surface area contributed by atoms with Crippen LogP contribution in [0.4, 0.5) is 0 Å². The molecule has 1 aromatic heterocycles. The molecule has 0 aliphatic rings. The largest absolute Gasteiger partial charge is 0.496 e. The Morgan fingerprint density at radius 3 is 3.05 bits per heavy atom. The zero-order valence-corrected chi connectivity index (χ0v) is 11.1. The molecule has 0 spiro atoms. The van der Waals surface area contributed by atoms with E-state index >= 15 is 0 Å². The molecule has 0 unspecified atom stereocenters. The summed E-state index contributed by atoms with van der Waals surface area (Å²) in [5, 5.41) is 12.5. The maximum Gasteiger partial charge on any atom is 0.173 e. The molecule has 100 valence electrons. The molecular formula is C12H14N4O2S. The second-order valence-corrected chi connectivity index (χ2v) is 4.67. The van der Waals surface area contributed by atoms with Crippen molar-refractivity contribution in [3.05, 3.63) is 41.7 Å². The van der Waals surface area contributed by atoms with Gasteiger partial charge in [-0.2, -0.15) is 0 Å². The van der Waals surface area contributed by atoms with Crippen molar-refractivity contribution in [3.63, 3.8) is 0 Å². The number of rotatable bonds is 5. The van der Waals surface area contributed by atoms with Gasteiger partial charge in [-0.15, -0.1) is 0 Å². The molecule has 1 heterocycles. The summed E-state index contributed by atoms with van der Waals surface area (Å²) in [6.07, 6.45) is 3.49. The van der Waals surface area contributed by atoms with Crippen LogP contribution in [0, 0.1) is 0 Å². The van der Waals surface area contributed by atoms with E-state index in [1.54, 1.807) is 37.3 Å². The Labute approximate surface area is 114 Å². The zero-order valence-electron chi connectivity index (χ0n) is 10.3. The highest BCUT2D eigenvalue weighted by Crippen LogP contribution is 2.24. The number of oxime groups is 1. The number of nitrogens with zero attached hydrogens (tertiary/aromatic N) is 2. The van der Waals surface area contributed by atoms with Crippen LogP contribution < -0.4 is 10.5 Å². The van der Waals surface area contributed by atoms with Crippen LogP contribution in [0.5, 0.6) is 5.75 Å². The van der Waals surface area contributed by atoms with Gasteiger partial charge in [0.1, 0.15) is 5.75 Å². The zero-order chi connectivity index (χ0) is 13.7. The summed E-state index contributed by atoms with van der Waals surface area (Å²) in [5.41, 5.74) is 7.20. The Morgan fingerprint density at radius 2 is 2.42 bits per heavy atom. The first-order valence-corrected chi connectivity index (χ1v) is 6.50. The fraction of sp³-hybridized carbons (Fsp3) is 0.167. The lowest BCUT2D eigenvalue weighted by Crippen LogP contribution is -2.14. The van der Waals surface area contributed by atoms with E-state index in [1.807, 2.05) is 12.1 Å². The molecule has 19 heavy (non-hydrogen) atoms. The molecule has 0 aliphatic heterocycles. The Morgan fingerprint density at radius 1 is 1.58 bits per heavy atom. The van der Waals surface area contributed by atoms with E-state index in [1.165, 1.54) is 0 Å². The molecular weight excluding hydrogens is 264 g/mol. The normalized spacial score (nSPS) is 11.5. The summed E-state index contributed by atoms with van der Waals surface area (Å²) in [5.74, 6) is 1.36. The number of amidine groups is 1. The van der Waals surface area contributed by atoms with Gasteiger partial charge in [-0.3, -0.25) is 0 Å². The number of aromatic nitrogens is 2. The minimum absolute atomic E-state index is 0.0297. The lowest BCUT2D eigenvalue weighted by Gasteiger charge is -2.09. The quantitative estimate of drug-likeness (QED) is 0.255. The molecule has 0 aliphatic carbocycles. The van der Waals surface area contributed by atoms with Crippen molar-refractivity contribution >= 4 is 17.6 Å². The number of nitrogens with one attached hydrogen (secondary N) is 1. The minimum atomic E-state index is 0.0297. The molecule has 6 nitrogen and oxygen atoms in total. The molecule has 0 radical (unpaired) electrons. The number of aromatic amines is 1. The number of hydrogen-bond donors (Lipinski definition) is 3. The first kappa shape index (κ1) is 13.3. The molecule has 4 N–H and O–H groups in total. The van der Waals surface area contributed by atoms with Gasteiger partial charge < -0.3 is 20.7 Å². The average Bonchev–Trinajstić information content (AvgIpc) is 2.97. The second-order valence-electron chi connectivity index (χ2n) is 3.70. The van der Waals surface area contributed by atoms with Crippen molar-refractivity contribution in [3.8, 4) is 5.75 Å². The summed E-state index contributed by atoms with van der Waals surface area (Å²) in [7, 11) is 1.55. The third-order valence-corrected chi connectivity index (χ3v) is 3.47. The van der Waals surface area contributed by atoms with E-state index in [0.29, 0.717) is 11.3 Å². The van der Waals surface area contributed by atoms with Crippen LogP contribution in [0.25, 0.3) is 0 Å². The van der Waals surface area contributed by atoms with Crippen molar-refractivity contribution in [2.24, 2.45) is 10.9 Å². The fourth-order valence-electron chi connectivity index (χ4n) is 1.57. The maximum absolute atomic E-state index is 8.70. The number of hydrogen-bond acceptors (Lipinski definition) is 5. The molecule has 0 amide bonds. The molecule has 1 aromatic carbocycles. The Kier molecular flexibility index (Phi) is 4.30. The summed E-state index contributed by atoms with van der Waals surface area (Å²) < 4.78 is 5.24. The molecule has 7 heteroatoms. The van der Waals surface area contributed by atoms with Crippen molar-refractivity contribution in [1.82, 2.24) is 9.97 Å². The summed E-state index contributed by atoms with van der Waals surface area (Å²) in [6, 6.07) is 5.54. The highest BCUT2D eigenvalue weighted by atomic mass is 32.2. The van der Waals surface area contributed by atoms with Gasteiger partial charge in [-0.25, -0.2) is 4.98 Å². The van der Waals surface area contributed by atoms with Crippen molar-refractivity contribution in [1.29, 1.82) is 0 Å². The van der Waals surface area contributed by atoms with Crippen LogP contribution in [0.2, 0.25) is 0 Å². The van der Waals surface area contributed by atoms with Crippen LogP contribution in [0.1, 0.15) is 11.1 Å². The van der Waals surface area contributed by atoms with Gasteiger partial charge in [0.2, 0.25) is 0 Å². The van der Waals surface area contributed by atoms with E-state index < -0.39 is 0 Å².